The first kappa shape index (κ1) is 20.0. The van der Waals surface area contributed by atoms with Crippen molar-refractivity contribution in [2.24, 2.45) is 11.8 Å². The third kappa shape index (κ3) is 4.83. The Hall–Kier alpha value is -2.28. The van der Waals surface area contributed by atoms with Gasteiger partial charge < -0.3 is 20.1 Å². The number of ether oxygens (including phenoxy) is 2. The van der Waals surface area contributed by atoms with Gasteiger partial charge in [0, 0.05) is 25.7 Å². The van der Waals surface area contributed by atoms with Gasteiger partial charge in [0.2, 0.25) is 11.8 Å². The topological polar surface area (TPSA) is 79.9 Å². The predicted octanol–water partition coefficient (Wildman–Crippen LogP) is 1.70. The molecule has 29 heavy (non-hydrogen) atoms. The first-order valence-electron chi connectivity index (χ1n) is 10.6. The summed E-state index contributed by atoms with van der Waals surface area (Å²) < 4.78 is 10.7. The van der Waals surface area contributed by atoms with Crippen molar-refractivity contribution in [1.82, 2.24) is 15.5 Å². The van der Waals surface area contributed by atoms with Gasteiger partial charge in [-0.25, -0.2) is 0 Å². The monoisotopic (exact) mass is 401 g/mol. The second-order valence-corrected chi connectivity index (χ2v) is 8.44. The molecule has 7 heteroatoms. The van der Waals surface area contributed by atoms with Crippen molar-refractivity contribution in [3.05, 3.63) is 23.8 Å². The summed E-state index contributed by atoms with van der Waals surface area (Å²) in [5.41, 5.74) is 1.02. The summed E-state index contributed by atoms with van der Waals surface area (Å²) in [6.07, 6.45) is 5.08. The lowest BCUT2D eigenvalue weighted by Crippen LogP contribution is -2.56. The second-order valence-electron chi connectivity index (χ2n) is 8.44. The third-order valence-corrected chi connectivity index (χ3v) is 6.24. The summed E-state index contributed by atoms with van der Waals surface area (Å²) >= 11 is 0. The number of carbonyl (C=O) groups excluding carboxylic acids is 2. The van der Waals surface area contributed by atoms with Gasteiger partial charge >= 0.3 is 0 Å². The molecule has 3 aliphatic rings. The van der Waals surface area contributed by atoms with E-state index in [1.54, 1.807) is 14.2 Å². The Morgan fingerprint density at radius 2 is 1.86 bits per heavy atom. The maximum atomic E-state index is 12.8. The highest BCUT2D eigenvalue weighted by atomic mass is 16.5. The standard InChI is InChI=1S/C22H31N3O4/c1-28-18-8-3-14(11-19(18)29-2)13-25-10-9-23-22(27)17(25)12-20(26)24-21(15-4-5-15)16-6-7-16/h3,8,11,15-17,21H,4-7,9-10,12-13H2,1-2H3,(H,23,27)(H,24,26)/t17-/m1/s1. The molecule has 2 aliphatic carbocycles. The van der Waals surface area contributed by atoms with Crippen LogP contribution in [0.2, 0.25) is 0 Å². The number of hydrogen-bond donors (Lipinski definition) is 2. The van der Waals surface area contributed by atoms with Crippen molar-refractivity contribution in [2.45, 2.75) is 50.7 Å². The zero-order valence-corrected chi connectivity index (χ0v) is 17.3. The van der Waals surface area contributed by atoms with E-state index < -0.39 is 6.04 Å². The average Bonchev–Trinajstić information content (AvgIpc) is 3.62. The lowest BCUT2D eigenvalue weighted by Gasteiger charge is -2.35. The van der Waals surface area contributed by atoms with Gasteiger partial charge in [-0.2, -0.15) is 0 Å². The summed E-state index contributed by atoms with van der Waals surface area (Å²) in [6, 6.07) is 5.64. The largest absolute Gasteiger partial charge is 0.493 e. The molecular weight excluding hydrogens is 370 g/mol. The fourth-order valence-electron chi connectivity index (χ4n) is 4.34. The third-order valence-electron chi connectivity index (χ3n) is 6.24. The summed E-state index contributed by atoms with van der Waals surface area (Å²) in [5, 5.41) is 6.16. The Labute approximate surface area is 172 Å². The van der Waals surface area contributed by atoms with E-state index in [0.29, 0.717) is 49.0 Å². The van der Waals surface area contributed by atoms with Crippen LogP contribution in [0.5, 0.6) is 11.5 Å². The van der Waals surface area contributed by atoms with Crippen LogP contribution in [-0.2, 0) is 16.1 Å². The van der Waals surface area contributed by atoms with Crippen LogP contribution in [-0.4, -0.2) is 56.1 Å². The molecule has 2 N–H and O–H groups in total. The Morgan fingerprint density at radius 3 is 2.48 bits per heavy atom. The second kappa shape index (κ2) is 8.61. The molecule has 0 bridgehead atoms. The lowest BCUT2D eigenvalue weighted by molar-refractivity contribution is -0.134. The molecule has 4 rings (SSSR count). The number of carbonyl (C=O) groups is 2. The molecule has 3 fully saturated rings. The van der Waals surface area contributed by atoms with Crippen LogP contribution in [0.25, 0.3) is 0 Å². The maximum Gasteiger partial charge on any atom is 0.237 e. The Bertz CT molecular complexity index is 748. The van der Waals surface area contributed by atoms with Gasteiger partial charge in [0.15, 0.2) is 11.5 Å². The van der Waals surface area contributed by atoms with Crippen LogP contribution < -0.4 is 20.1 Å². The highest BCUT2D eigenvalue weighted by Gasteiger charge is 2.42. The fourth-order valence-corrected chi connectivity index (χ4v) is 4.34. The molecule has 2 amide bonds. The molecule has 1 aliphatic heterocycles. The number of amides is 2. The normalized spacial score (nSPS) is 22.3. The molecule has 7 nitrogen and oxygen atoms in total. The molecule has 158 valence electrons. The smallest absolute Gasteiger partial charge is 0.237 e. The molecule has 1 heterocycles. The van der Waals surface area contributed by atoms with E-state index in [4.69, 9.17) is 9.47 Å². The van der Waals surface area contributed by atoms with Gasteiger partial charge in [0.05, 0.1) is 26.7 Å². The van der Waals surface area contributed by atoms with Crippen molar-refractivity contribution in [1.29, 1.82) is 0 Å². The molecule has 1 aromatic carbocycles. The highest BCUT2D eigenvalue weighted by molar-refractivity contribution is 5.89. The van der Waals surface area contributed by atoms with Gasteiger partial charge in [-0.15, -0.1) is 0 Å². The number of nitrogens with zero attached hydrogens (tertiary/aromatic N) is 1. The van der Waals surface area contributed by atoms with Crippen LogP contribution in [0.4, 0.5) is 0 Å². The number of hydrogen-bond acceptors (Lipinski definition) is 5. The molecule has 0 spiro atoms. The molecule has 1 atom stereocenters. The Kier molecular flexibility index (Phi) is 5.94. The Morgan fingerprint density at radius 1 is 1.17 bits per heavy atom. The van der Waals surface area contributed by atoms with E-state index >= 15 is 0 Å². The van der Waals surface area contributed by atoms with E-state index in [9.17, 15) is 9.59 Å². The zero-order valence-electron chi connectivity index (χ0n) is 17.3. The van der Waals surface area contributed by atoms with Crippen molar-refractivity contribution in [3.8, 4) is 11.5 Å². The molecule has 1 saturated heterocycles. The molecule has 0 aromatic heterocycles. The van der Waals surface area contributed by atoms with Crippen LogP contribution in [0.15, 0.2) is 18.2 Å². The highest BCUT2D eigenvalue weighted by Crippen LogP contribution is 2.44. The Balaban J connectivity index is 1.41. The molecule has 0 radical (unpaired) electrons. The van der Waals surface area contributed by atoms with Crippen molar-refractivity contribution >= 4 is 11.8 Å². The van der Waals surface area contributed by atoms with E-state index in [1.165, 1.54) is 25.7 Å². The lowest BCUT2D eigenvalue weighted by atomic mass is 10.0. The number of piperazine rings is 1. The molecule has 2 saturated carbocycles. The fraction of sp³-hybridized carbons (Fsp3) is 0.636. The summed E-state index contributed by atoms with van der Waals surface area (Å²) in [4.78, 5) is 27.4. The minimum atomic E-state index is -0.448. The van der Waals surface area contributed by atoms with Crippen LogP contribution in [0, 0.1) is 11.8 Å². The van der Waals surface area contributed by atoms with Crippen molar-refractivity contribution in [2.75, 3.05) is 27.3 Å². The summed E-state index contributed by atoms with van der Waals surface area (Å²) in [7, 11) is 3.22. The SMILES string of the molecule is COc1ccc(CN2CCNC(=O)[C@H]2CC(=O)NC(C2CC2)C2CC2)cc1OC. The first-order chi connectivity index (χ1) is 14.1. The molecule has 0 unspecified atom stereocenters. The van der Waals surface area contributed by atoms with Crippen LogP contribution in [0.1, 0.15) is 37.7 Å². The van der Waals surface area contributed by atoms with Gasteiger partial charge in [-0.3, -0.25) is 14.5 Å². The number of benzene rings is 1. The van der Waals surface area contributed by atoms with Crippen LogP contribution in [0.3, 0.4) is 0 Å². The average molecular weight is 402 g/mol. The number of methoxy groups -OCH3 is 2. The number of nitrogens with one attached hydrogen (secondary N) is 2. The minimum Gasteiger partial charge on any atom is -0.493 e. The first-order valence-corrected chi connectivity index (χ1v) is 10.6. The molecule has 1 aromatic rings. The summed E-state index contributed by atoms with van der Waals surface area (Å²) in [5.74, 6) is 2.56. The maximum absolute atomic E-state index is 12.8. The quantitative estimate of drug-likeness (QED) is 0.658. The van der Waals surface area contributed by atoms with E-state index in [1.807, 2.05) is 18.2 Å². The zero-order chi connectivity index (χ0) is 20.4. The van der Waals surface area contributed by atoms with Crippen LogP contribution >= 0.6 is 0 Å². The summed E-state index contributed by atoms with van der Waals surface area (Å²) in [6.45, 7) is 1.89. The molecular formula is C22H31N3O4. The predicted molar refractivity (Wildman–Crippen MR) is 109 cm³/mol. The minimum absolute atomic E-state index is 0.00633. The van der Waals surface area contributed by atoms with Crippen molar-refractivity contribution < 1.29 is 19.1 Å². The van der Waals surface area contributed by atoms with Gasteiger partial charge in [-0.1, -0.05) is 6.07 Å². The number of rotatable bonds is 9. The van der Waals surface area contributed by atoms with E-state index in [0.717, 1.165) is 5.56 Å². The van der Waals surface area contributed by atoms with Crippen molar-refractivity contribution in [3.63, 3.8) is 0 Å². The van der Waals surface area contributed by atoms with E-state index in [2.05, 4.69) is 15.5 Å². The van der Waals surface area contributed by atoms with Gasteiger partial charge in [-0.05, 0) is 55.2 Å². The van der Waals surface area contributed by atoms with E-state index in [-0.39, 0.29) is 18.2 Å². The van der Waals surface area contributed by atoms with Gasteiger partial charge in [0.25, 0.3) is 0 Å². The van der Waals surface area contributed by atoms with Gasteiger partial charge in [0.1, 0.15) is 0 Å².